The Hall–Kier alpha value is -4.96. The van der Waals surface area contributed by atoms with Gasteiger partial charge in [0.05, 0.1) is 17.1 Å². The van der Waals surface area contributed by atoms with Gasteiger partial charge in [-0.25, -0.2) is 4.98 Å². The van der Waals surface area contributed by atoms with Crippen molar-refractivity contribution >= 4 is 22.6 Å². The highest BCUT2D eigenvalue weighted by molar-refractivity contribution is 5.92. The van der Waals surface area contributed by atoms with Gasteiger partial charge in [0.25, 0.3) is 5.56 Å². The lowest BCUT2D eigenvalue weighted by atomic mass is 9.99. The summed E-state index contributed by atoms with van der Waals surface area (Å²) in [4.78, 5) is 33.2. The zero-order chi connectivity index (χ0) is 28.1. The van der Waals surface area contributed by atoms with Crippen LogP contribution in [0.3, 0.4) is 0 Å². The molecule has 200 valence electrons. The third-order valence-corrected chi connectivity index (χ3v) is 7.18. The van der Waals surface area contributed by atoms with Crippen LogP contribution < -0.4 is 10.5 Å². The molecule has 3 aromatic carbocycles. The second-order valence-corrected chi connectivity index (χ2v) is 9.84. The average molecular weight is 530 g/mol. The van der Waals surface area contributed by atoms with Crippen LogP contribution in [0, 0.1) is 11.3 Å². The molecule has 0 atom stereocenters. The molecule has 0 saturated carbocycles. The fourth-order valence-corrected chi connectivity index (χ4v) is 4.90. The first kappa shape index (κ1) is 26.6. The first-order chi connectivity index (χ1) is 19.5. The molecule has 0 saturated heterocycles. The lowest BCUT2D eigenvalue weighted by Crippen LogP contribution is -2.34. The summed E-state index contributed by atoms with van der Waals surface area (Å²) in [6.07, 6.45) is 4.39. The van der Waals surface area contributed by atoms with Crippen LogP contribution in [0.2, 0.25) is 0 Å². The highest BCUT2D eigenvalue weighted by Gasteiger charge is 2.18. The zero-order valence-corrected chi connectivity index (χ0v) is 22.7. The maximum Gasteiger partial charge on any atom is 0.277 e. The summed E-state index contributed by atoms with van der Waals surface area (Å²) < 4.78 is 3.46. The minimum Gasteiger partial charge on any atom is -0.319 e. The molecular formula is C33H31N5O2. The first-order valence-corrected chi connectivity index (χ1v) is 13.5. The van der Waals surface area contributed by atoms with Crippen molar-refractivity contribution in [3.05, 3.63) is 118 Å². The molecule has 5 aromatic rings. The lowest BCUT2D eigenvalue weighted by molar-refractivity contribution is -0.118. The second kappa shape index (κ2) is 11.8. The van der Waals surface area contributed by atoms with Crippen molar-refractivity contribution in [3.8, 4) is 17.2 Å². The standard InChI is InChI=1S/C33H31N5O2/c1-3-4-14-30-35-29-19-20-37(23-31(39)36(2)27-11-6-5-7-12-27)33(40)32(29)38(30)22-24-15-17-25(18-16-24)28-13-9-8-10-26(28)21-34/h5-13,15-20H,3-4,14,22-23H2,1-2H3. The second-order valence-electron chi connectivity index (χ2n) is 9.84. The maximum absolute atomic E-state index is 13.7. The summed E-state index contributed by atoms with van der Waals surface area (Å²) in [5, 5.41) is 9.48. The molecule has 0 aliphatic carbocycles. The van der Waals surface area contributed by atoms with E-state index in [-0.39, 0.29) is 18.0 Å². The Labute approximate surface area is 233 Å². The maximum atomic E-state index is 13.7. The molecule has 0 aliphatic heterocycles. The molecule has 0 bridgehead atoms. The van der Waals surface area contributed by atoms with Gasteiger partial charge in [0.2, 0.25) is 5.91 Å². The van der Waals surface area contributed by atoms with E-state index in [4.69, 9.17) is 4.98 Å². The smallest absolute Gasteiger partial charge is 0.277 e. The highest BCUT2D eigenvalue weighted by atomic mass is 16.2. The number of nitrogens with zero attached hydrogens (tertiary/aromatic N) is 5. The molecule has 7 heteroatoms. The molecule has 0 radical (unpaired) electrons. The summed E-state index contributed by atoms with van der Waals surface area (Å²) in [5.41, 5.74) is 5.18. The SMILES string of the molecule is CCCCc1nc2ccn(CC(=O)N(C)c3ccccc3)c(=O)c2n1Cc1ccc(-c2ccccc2C#N)cc1. The molecule has 0 fully saturated rings. The largest absolute Gasteiger partial charge is 0.319 e. The van der Waals surface area contributed by atoms with Gasteiger partial charge in [0.15, 0.2) is 0 Å². The summed E-state index contributed by atoms with van der Waals surface area (Å²) in [7, 11) is 1.72. The third kappa shape index (κ3) is 5.43. The summed E-state index contributed by atoms with van der Waals surface area (Å²) in [6, 6.07) is 29.1. The predicted octanol–water partition coefficient (Wildman–Crippen LogP) is 5.79. The van der Waals surface area contributed by atoms with Crippen LogP contribution in [0.25, 0.3) is 22.2 Å². The van der Waals surface area contributed by atoms with Gasteiger partial charge < -0.3 is 14.0 Å². The lowest BCUT2D eigenvalue weighted by Gasteiger charge is -2.18. The van der Waals surface area contributed by atoms with Crippen molar-refractivity contribution in [1.29, 1.82) is 5.26 Å². The van der Waals surface area contributed by atoms with E-state index in [0.29, 0.717) is 23.1 Å². The van der Waals surface area contributed by atoms with Gasteiger partial charge in [-0.15, -0.1) is 0 Å². The number of likely N-dealkylation sites (N-methyl/N-ethyl adjacent to an activating group) is 1. The van der Waals surface area contributed by atoms with Crippen molar-refractivity contribution in [2.45, 2.75) is 39.3 Å². The number of unbranched alkanes of at least 4 members (excludes halogenated alkanes) is 1. The normalized spacial score (nSPS) is 10.9. The number of nitriles is 1. The van der Waals surface area contributed by atoms with Crippen LogP contribution in [-0.2, 0) is 24.3 Å². The van der Waals surface area contributed by atoms with Crippen LogP contribution in [0.4, 0.5) is 5.69 Å². The van der Waals surface area contributed by atoms with E-state index in [0.717, 1.165) is 47.5 Å². The first-order valence-electron chi connectivity index (χ1n) is 13.5. The quantitative estimate of drug-likeness (QED) is 0.242. The van der Waals surface area contributed by atoms with Gasteiger partial charge in [-0.05, 0) is 47.4 Å². The minimum atomic E-state index is -0.234. The van der Waals surface area contributed by atoms with Crippen LogP contribution >= 0.6 is 0 Å². The van der Waals surface area contributed by atoms with Gasteiger partial charge in [-0.3, -0.25) is 9.59 Å². The molecule has 0 aliphatic rings. The Morgan fingerprint density at radius 3 is 2.42 bits per heavy atom. The van der Waals surface area contributed by atoms with Gasteiger partial charge in [-0.2, -0.15) is 5.26 Å². The fourth-order valence-electron chi connectivity index (χ4n) is 4.90. The summed E-state index contributed by atoms with van der Waals surface area (Å²) >= 11 is 0. The van der Waals surface area contributed by atoms with Gasteiger partial charge >= 0.3 is 0 Å². The van der Waals surface area contributed by atoms with Crippen molar-refractivity contribution < 1.29 is 4.79 Å². The number of aryl methyl sites for hydroxylation is 1. The van der Waals surface area contributed by atoms with Crippen molar-refractivity contribution in [3.63, 3.8) is 0 Å². The van der Waals surface area contributed by atoms with E-state index in [2.05, 4.69) is 13.0 Å². The van der Waals surface area contributed by atoms with E-state index >= 15 is 0 Å². The Kier molecular flexibility index (Phi) is 7.88. The van der Waals surface area contributed by atoms with E-state index < -0.39 is 0 Å². The Morgan fingerprint density at radius 2 is 1.70 bits per heavy atom. The monoisotopic (exact) mass is 529 g/mol. The van der Waals surface area contributed by atoms with Crippen molar-refractivity contribution in [2.75, 3.05) is 11.9 Å². The topological polar surface area (TPSA) is 83.9 Å². The number of anilines is 1. The number of hydrogen-bond acceptors (Lipinski definition) is 4. The molecular weight excluding hydrogens is 498 g/mol. The molecule has 2 heterocycles. The number of amides is 1. The van der Waals surface area contributed by atoms with Crippen LogP contribution in [0.15, 0.2) is 95.9 Å². The number of para-hydroxylation sites is 1. The Bertz CT molecular complexity index is 1740. The number of fused-ring (bicyclic) bond motifs is 1. The highest BCUT2D eigenvalue weighted by Crippen LogP contribution is 2.24. The number of rotatable bonds is 9. The van der Waals surface area contributed by atoms with E-state index in [1.807, 2.05) is 89.5 Å². The molecule has 7 nitrogen and oxygen atoms in total. The third-order valence-electron chi connectivity index (χ3n) is 7.18. The Balaban J connectivity index is 1.48. The number of carbonyl (C=O) groups is 1. The molecule has 40 heavy (non-hydrogen) atoms. The number of benzene rings is 3. The van der Waals surface area contributed by atoms with Gasteiger partial charge in [0, 0.05) is 31.9 Å². The van der Waals surface area contributed by atoms with E-state index in [9.17, 15) is 14.9 Å². The summed E-state index contributed by atoms with van der Waals surface area (Å²) in [6.45, 7) is 2.54. The predicted molar refractivity (Wildman–Crippen MR) is 158 cm³/mol. The average Bonchev–Trinajstić information content (AvgIpc) is 3.35. The van der Waals surface area contributed by atoms with Gasteiger partial charge in [-0.1, -0.05) is 74.0 Å². The molecule has 2 aromatic heterocycles. The number of pyridine rings is 1. The van der Waals surface area contributed by atoms with E-state index in [1.165, 1.54) is 4.57 Å². The number of hydrogen-bond donors (Lipinski definition) is 0. The minimum absolute atomic E-state index is 0.0668. The number of carbonyl (C=O) groups excluding carboxylic acids is 1. The number of imidazole rings is 1. The molecule has 5 rings (SSSR count). The van der Waals surface area contributed by atoms with Crippen molar-refractivity contribution in [2.24, 2.45) is 0 Å². The fraction of sp³-hybridized carbons (Fsp3) is 0.212. The molecule has 0 unspecified atom stereocenters. The summed E-state index contributed by atoms with van der Waals surface area (Å²) in [5.74, 6) is 0.677. The van der Waals surface area contributed by atoms with Gasteiger partial charge in [0.1, 0.15) is 17.9 Å². The molecule has 1 amide bonds. The molecule has 0 N–H and O–H groups in total. The number of aromatic nitrogens is 3. The van der Waals surface area contributed by atoms with E-state index in [1.54, 1.807) is 18.1 Å². The molecule has 0 spiro atoms. The Morgan fingerprint density at radius 1 is 0.975 bits per heavy atom. The van der Waals surface area contributed by atoms with Crippen LogP contribution in [0.1, 0.15) is 36.7 Å². The zero-order valence-electron chi connectivity index (χ0n) is 22.7. The van der Waals surface area contributed by atoms with Crippen LogP contribution in [-0.4, -0.2) is 27.1 Å². The van der Waals surface area contributed by atoms with Crippen LogP contribution in [0.5, 0.6) is 0 Å². The van der Waals surface area contributed by atoms with Crippen molar-refractivity contribution in [1.82, 2.24) is 14.1 Å².